The fourth-order valence-corrected chi connectivity index (χ4v) is 3.46. The summed E-state index contributed by atoms with van der Waals surface area (Å²) in [5.41, 5.74) is 3.61. The average Bonchev–Trinajstić information content (AvgIpc) is 2.71. The van der Waals surface area contributed by atoms with Crippen molar-refractivity contribution in [2.24, 2.45) is 0 Å². The van der Waals surface area contributed by atoms with Crippen LogP contribution in [-0.2, 0) is 13.0 Å². The summed E-state index contributed by atoms with van der Waals surface area (Å²) in [6.45, 7) is 7.78. The number of anilines is 2. The largest absolute Gasteiger partial charge is 0.493 e. The number of hydrogen-bond acceptors (Lipinski definition) is 7. The molecule has 7 nitrogen and oxygen atoms in total. The fraction of sp³-hybridized carbons (Fsp3) is 0.545. The molecule has 7 heteroatoms. The lowest BCUT2D eigenvalue weighted by molar-refractivity contribution is 0.353. The van der Waals surface area contributed by atoms with Crippen LogP contribution in [-0.4, -0.2) is 62.8 Å². The van der Waals surface area contributed by atoms with Crippen molar-refractivity contribution >= 4 is 11.8 Å². The molecule has 0 saturated heterocycles. The van der Waals surface area contributed by atoms with E-state index >= 15 is 0 Å². The number of likely N-dealkylation sites (N-methyl/N-ethyl adjacent to an activating group) is 1. The molecule has 2 aromatic rings. The molecule has 1 N–H and O–H groups in total. The third-order valence-corrected chi connectivity index (χ3v) is 5.21. The maximum Gasteiger partial charge on any atom is 0.224 e. The molecule has 0 saturated carbocycles. The summed E-state index contributed by atoms with van der Waals surface area (Å²) < 4.78 is 10.9. The zero-order chi connectivity index (χ0) is 21.0. The van der Waals surface area contributed by atoms with E-state index in [2.05, 4.69) is 61.3 Å². The van der Waals surface area contributed by atoms with Crippen LogP contribution in [0.1, 0.15) is 36.6 Å². The molecule has 0 atom stereocenters. The number of fused-ring (bicyclic) bond motifs is 1. The quantitative estimate of drug-likeness (QED) is 0.731. The maximum atomic E-state index is 5.49. The van der Waals surface area contributed by atoms with Crippen LogP contribution in [0.5, 0.6) is 11.5 Å². The summed E-state index contributed by atoms with van der Waals surface area (Å²) in [4.78, 5) is 14.0. The first kappa shape index (κ1) is 21.2. The number of rotatable bonds is 8. The average molecular weight is 400 g/mol. The highest BCUT2D eigenvalue weighted by Gasteiger charge is 2.22. The highest BCUT2D eigenvalue weighted by atomic mass is 16.5. The van der Waals surface area contributed by atoms with Crippen molar-refractivity contribution in [2.75, 3.05) is 58.2 Å². The standard InChI is InChI=1S/C22H33N5O2/c1-15(2)18-13-21(25-22(24-18)23-8-10-26(3)4)27-9-7-16-11-19(28-5)20(29-6)12-17(16)14-27/h11-13,15H,7-10,14H2,1-6H3,(H,23,24,25). The van der Waals surface area contributed by atoms with Gasteiger partial charge in [0.25, 0.3) is 0 Å². The van der Waals surface area contributed by atoms with Crippen molar-refractivity contribution in [3.8, 4) is 11.5 Å². The van der Waals surface area contributed by atoms with E-state index in [-0.39, 0.29) is 0 Å². The lowest BCUT2D eigenvalue weighted by Gasteiger charge is -2.31. The predicted octanol–water partition coefficient (Wildman–Crippen LogP) is 3.15. The van der Waals surface area contributed by atoms with Gasteiger partial charge < -0.3 is 24.6 Å². The van der Waals surface area contributed by atoms with Gasteiger partial charge in [-0.2, -0.15) is 4.98 Å². The van der Waals surface area contributed by atoms with Gasteiger partial charge >= 0.3 is 0 Å². The molecule has 1 aliphatic rings. The monoisotopic (exact) mass is 399 g/mol. The van der Waals surface area contributed by atoms with Crippen LogP contribution < -0.4 is 19.7 Å². The van der Waals surface area contributed by atoms with E-state index in [9.17, 15) is 0 Å². The van der Waals surface area contributed by atoms with Crippen molar-refractivity contribution in [1.29, 1.82) is 0 Å². The van der Waals surface area contributed by atoms with Gasteiger partial charge in [0.05, 0.1) is 19.9 Å². The summed E-state index contributed by atoms with van der Waals surface area (Å²) in [6.07, 6.45) is 0.945. The molecule has 3 rings (SSSR count). The summed E-state index contributed by atoms with van der Waals surface area (Å²) in [5.74, 6) is 3.57. The highest BCUT2D eigenvalue weighted by molar-refractivity contribution is 5.53. The van der Waals surface area contributed by atoms with Gasteiger partial charge in [0.1, 0.15) is 5.82 Å². The van der Waals surface area contributed by atoms with Gasteiger partial charge in [-0.05, 0) is 49.7 Å². The summed E-state index contributed by atoms with van der Waals surface area (Å²) in [5, 5.41) is 3.38. The molecule has 1 aromatic carbocycles. The smallest absolute Gasteiger partial charge is 0.224 e. The van der Waals surface area contributed by atoms with Gasteiger partial charge in [0.15, 0.2) is 11.5 Å². The Morgan fingerprint density at radius 2 is 1.76 bits per heavy atom. The SMILES string of the molecule is COc1cc2c(cc1OC)CN(c1cc(C(C)C)nc(NCCN(C)C)n1)CC2. The van der Waals surface area contributed by atoms with E-state index in [4.69, 9.17) is 19.4 Å². The lowest BCUT2D eigenvalue weighted by Crippen LogP contribution is -2.31. The molecule has 0 radical (unpaired) electrons. The van der Waals surface area contributed by atoms with Crippen molar-refractivity contribution in [3.05, 3.63) is 35.0 Å². The van der Waals surface area contributed by atoms with Crippen LogP contribution in [0.3, 0.4) is 0 Å². The normalized spacial score (nSPS) is 13.6. The number of nitrogens with one attached hydrogen (secondary N) is 1. The van der Waals surface area contributed by atoms with Gasteiger partial charge in [-0.1, -0.05) is 13.8 Å². The number of aromatic nitrogens is 2. The van der Waals surface area contributed by atoms with Crippen LogP contribution in [0.15, 0.2) is 18.2 Å². The Bertz CT molecular complexity index is 838. The van der Waals surface area contributed by atoms with Crippen molar-refractivity contribution in [1.82, 2.24) is 14.9 Å². The second-order valence-corrected chi connectivity index (χ2v) is 8.01. The van der Waals surface area contributed by atoms with Gasteiger partial charge in [0, 0.05) is 32.2 Å². The zero-order valence-corrected chi connectivity index (χ0v) is 18.5. The summed E-state index contributed by atoms with van der Waals surface area (Å²) >= 11 is 0. The predicted molar refractivity (Wildman–Crippen MR) is 117 cm³/mol. The molecule has 1 aromatic heterocycles. The first-order chi connectivity index (χ1) is 13.9. The molecule has 0 fully saturated rings. The Hall–Kier alpha value is -2.54. The molecule has 0 spiro atoms. The topological polar surface area (TPSA) is 62.8 Å². The fourth-order valence-electron chi connectivity index (χ4n) is 3.46. The van der Waals surface area contributed by atoms with Crippen LogP contribution in [0, 0.1) is 0 Å². The van der Waals surface area contributed by atoms with E-state index in [0.717, 1.165) is 55.6 Å². The van der Waals surface area contributed by atoms with Crippen molar-refractivity contribution < 1.29 is 9.47 Å². The maximum absolute atomic E-state index is 5.49. The zero-order valence-electron chi connectivity index (χ0n) is 18.5. The van der Waals surface area contributed by atoms with Gasteiger partial charge in [0.2, 0.25) is 5.95 Å². The first-order valence-corrected chi connectivity index (χ1v) is 10.2. The number of ether oxygens (including phenoxy) is 2. The minimum atomic E-state index is 0.340. The third kappa shape index (κ3) is 5.09. The number of methoxy groups -OCH3 is 2. The first-order valence-electron chi connectivity index (χ1n) is 10.2. The van der Waals surface area contributed by atoms with E-state index < -0.39 is 0 Å². The number of hydrogen-bond donors (Lipinski definition) is 1. The molecular formula is C22H33N5O2. The van der Waals surface area contributed by atoms with E-state index in [1.165, 1.54) is 11.1 Å². The molecule has 158 valence electrons. The van der Waals surface area contributed by atoms with Crippen LogP contribution in [0.2, 0.25) is 0 Å². The highest BCUT2D eigenvalue weighted by Crippen LogP contribution is 2.34. The molecule has 0 aliphatic carbocycles. The number of benzene rings is 1. The summed E-state index contributed by atoms with van der Waals surface area (Å²) in [7, 11) is 7.48. The van der Waals surface area contributed by atoms with Gasteiger partial charge in [-0.25, -0.2) is 4.98 Å². The molecule has 29 heavy (non-hydrogen) atoms. The van der Waals surface area contributed by atoms with Crippen molar-refractivity contribution in [2.45, 2.75) is 32.7 Å². The molecule has 2 heterocycles. The number of nitrogens with zero attached hydrogens (tertiary/aromatic N) is 4. The minimum Gasteiger partial charge on any atom is -0.493 e. The van der Waals surface area contributed by atoms with Crippen molar-refractivity contribution in [3.63, 3.8) is 0 Å². The minimum absolute atomic E-state index is 0.340. The van der Waals surface area contributed by atoms with Gasteiger partial charge in [-0.3, -0.25) is 0 Å². The third-order valence-electron chi connectivity index (χ3n) is 5.21. The Morgan fingerprint density at radius 1 is 1.07 bits per heavy atom. The second kappa shape index (κ2) is 9.31. The molecule has 0 unspecified atom stereocenters. The summed E-state index contributed by atoms with van der Waals surface area (Å²) in [6, 6.07) is 6.30. The Balaban J connectivity index is 1.85. The van der Waals surface area contributed by atoms with Crippen LogP contribution in [0.4, 0.5) is 11.8 Å². The van der Waals surface area contributed by atoms with E-state index in [1.807, 2.05) is 0 Å². The van der Waals surface area contributed by atoms with E-state index in [1.54, 1.807) is 14.2 Å². The molecule has 0 amide bonds. The van der Waals surface area contributed by atoms with E-state index in [0.29, 0.717) is 11.9 Å². The Labute approximate surface area is 174 Å². The van der Waals surface area contributed by atoms with Crippen LogP contribution >= 0.6 is 0 Å². The molecular weight excluding hydrogens is 366 g/mol. The molecule has 1 aliphatic heterocycles. The van der Waals surface area contributed by atoms with Gasteiger partial charge in [-0.15, -0.1) is 0 Å². The Kier molecular flexibility index (Phi) is 6.79. The van der Waals surface area contributed by atoms with Crippen LogP contribution in [0.25, 0.3) is 0 Å². The Morgan fingerprint density at radius 3 is 2.38 bits per heavy atom. The molecule has 0 bridgehead atoms. The second-order valence-electron chi connectivity index (χ2n) is 8.01. The lowest BCUT2D eigenvalue weighted by atomic mass is 9.98.